The minimum atomic E-state index is 0.239. The Morgan fingerprint density at radius 3 is 2.50 bits per heavy atom. The molecule has 1 amide bonds. The van der Waals surface area contributed by atoms with Crippen LogP contribution in [0.1, 0.15) is 44.1 Å². The van der Waals surface area contributed by atoms with Crippen LogP contribution in [-0.2, 0) is 17.8 Å². The standard InChI is InChI=1S/C24H36N4O2/c1-6-30-23-10-8-7-9-22(23)26-13-15-27(16-14-26)24(29)12-11-21-19(4)25-28(20(21)5)17-18(2)3/h7-10,18H,6,11-17H2,1-5H3. The normalized spacial score (nSPS) is 14.5. The van der Waals surface area contributed by atoms with E-state index in [4.69, 9.17) is 4.74 Å². The smallest absolute Gasteiger partial charge is 0.223 e. The van der Waals surface area contributed by atoms with Crippen molar-refractivity contribution in [2.75, 3.05) is 37.7 Å². The SMILES string of the molecule is CCOc1ccccc1N1CCN(C(=O)CCc2c(C)nn(CC(C)C)c2C)CC1. The van der Waals surface area contributed by atoms with Crippen molar-refractivity contribution in [1.82, 2.24) is 14.7 Å². The highest BCUT2D eigenvalue weighted by atomic mass is 16.5. The van der Waals surface area contributed by atoms with Crippen molar-refractivity contribution in [2.24, 2.45) is 5.92 Å². The van der Waals surface area contributed by atoms with Crippen molar-refractivity contribution in [3.05, 3.63) is 41.2 Å². The maximum atomic E-state index is 12.8. The van der Waals surface area contributed by atoms with Gasteiger partial charge >= 0.3 is 0 Å². The lowest BCUT2D eigenvalue weighted by molar-refractivity contribution is -0.131. The van der Waals surface area contributed by atoms with E-state index in [1.54, 1.807) is 0 Å². The summed E-state index contributed by atoms with van der Waals surface area (Å²) in [5, 5.41) is 4.68. The molecular weight excluding hydrogens is 376 g/mol. The third-order valence-corrected chi connectivity index (χ3v) is 5.80. The third kappa shape index (κ3) is 5.15. The van der Waals surface area contributed by atoms with Gasteiger partial charge in [0.2, 0.25) is 5.91 Å². The first-order valence-electron chi connectivity index (χ1n) is 11.2. The Morgan fingerprint density at radius 1 is 1.13 bits per heavy atom. The monoisotopic (exact) mass is 412 g/mol. The Kier molecular flexibility index (Phi) is 7.40. The summed E-state index contributed by atoms with van der Waals surface area (Å²) >= 11 is 0. The van der Waals surface area contributed by atoms with Crippen LogP contribution in [0, 0.1) is 19.8 Å². The quantitative estimate of drug-likeness (QED) is 0.661. The molecule has 0 bridgehead atoms. The molecule has 3 rings (SSSR count). The van der Waals surface area contributed by atoms with Crippen molar-refractivity contribution >= 4 is 11.6 Å². The second-order valence-corrected chi connectivity index (χ2v) is 8.49. The number of hydrogen-bond donors (Lipinski definition) is 0. The molecule has 1 aromatic heterocycles. The number of rotatable bonds is 8. The van der Waals surface area contributed by atoms with Gasteiger partial charge in [-0.2, -0.15) is 5.10 Å². The van der Waals surface area contributed by atoms with Crippen LogP contribution in [-0.4, -0.2) is 53.4 Å². The first-order chi connectivity index (χ1) is 14.4. The molecule has 0 unspecified atom stereocenters. The number of carbonyl (C=O) groups is 1. The molecule has 1 aliphatic rings. The molecule has 0 spiro atoms. The first-order valence-corrected chi connectivity index (χ1v) is 11.2. The Bertz CT molecular complexity index is 851. The van der Waals surface area contributed by atoms with Gasteiger partial charge in [-0.05, 0) is 50.8 Å². The van der Waals surface area contributed by atoms with Crippen LogP contribution in [0.3, 0.4) is 0 Å². The Hall–Kier alpha value is -2.50. The number of aromatic nitrogens is 2. The van der Waals surface area contributed by atoms with E-state index in [1.165, 1.54) is 11.3 Å². The van der Waals surface area contributed by atoms with Crippen LogP contribution in [0.5, 0.6) is 5.75 Å². The molecule has 2 aromatic rings. The van der Waals surface area contributed by atoms with Gasteiger partial charge in [0, 0.05) is 44.8 Å². The molecule has 0 saturated carbocycles. The highest BCUT2D eigenvalue weighted by molar-refractivity contribution is 5.77. The molecule has 0 N–H and O–H groups in total. The van der Waals surface area contributed by atoms with Crippen LogP contribution >= 0.6 is 0 Å². The minimum Gasteiger partial charge on any atom is -0.492 e. The van der Waals surface area contributed by atoms with Gasteiger partial charge in [-0.3, -0.25) is 9.48 Å². The van der Waals surface area contributed by atoms with E-state index in [0.29, 0.717) is 18.9 Å². The molecule has 1 saturated heterocycles. The summed E-state index contributed by atoms with van der Waals surface area (Å²) in [6, 6.07) is 8.16. The maximum absolute atomic E-state index is 12.8. The Labute approximate surface area is 180 Å². The second-order valence-electron chi connectivity index (χ2n) is 8.49. The number of hydrogen-bond acceptors (Lipinski definition) is 4. The molecule has 2 heterocycles. The highest BCUT2D eigenvalue weighted by Gasteiger charge is 2.23. The first kappa shape index (κ1) is 22.2. The summed E-state index contributed by atoms with van der Waals surface area (Å²) in [7, 11) is 0. The van der Waals surface area contributed by atoms with Crippen LogP contribution in [0.4, 0.5) is 5.69 Å². The fraction of sp³-hybridized carbons (Fsp3) is 0.583. The number of amides is 1. The van der Waals surface area contributed by atoms with Crippen molar-refractivity contribution < 1.29 is 9.53 Å². The predicted molar refractivity (Wildman–Crippen MR) is 121 cm³/mol. The van der Waals surface area contributed by atoms with Crippen molar-refractivity contribution in [3.8, 4) is 5.75 Å². The molecule has 0 aliphatic carbocycles. The van der Waals surface area contributed by atoms with Crippen molar-refractivity contribution in [3.63, 3.8) is 0 Å². The lowest BCUT2D eigenvalue weighted by Gasteiger charge is -2.36. The van der Waals surface area contributed by atoms with Gasteiger partial charge in [0.15, 0.2) is 0 Å². The van der Waals surface area contributed by atoms with Gasteiger partial charge in [-0.1, -0.05) is 26.0 Å². The number of nitrogens with zero attached hydrogens (tertiary/aromatic N) is 4. The molecule has 164 valence electrons. The number of piperazine rings is 1. The maximum Gasteiger partial charge on any atom is 0.223 e. The topological polar surface area (TPSA) is 50.6 Å². The van der Waals surface area contributed by atoms with Crippen LogP contribution in [0.2, 0.25) is 0 Å². The van der Waals surface area contributed by atoms with E-state index in [2.05, 4.69) is 48.4 Å². The molecule has 30 heavy (non-hydrogen) atoms. The van der Waals surface area contributed by atoms with E-state index >= 15 is 0 Å². The number of benzene rings is 1. The summed E-state index contributed by atoms with van der Waals surface area (Å²) in [6.45, 7) is 15.3. The van der Waals surface area contributed by atoms with Gasteiger partial charge in [0.25, 0.3) is 0 Å². The highest BCUT2D eigenvalue weighted by Crippen LogP contribution is 2.29. The molecule has 6 nitrogen and oxygen atoms in total. The predicted octanol–water partition coefficient (Wildman–Crippen LogP) is 3.84. The summed E-state index contributed by atoms with van der Waals surface area (Å²) in [5.74, 6) is 1.72. The van der Waals surface area contributed by atoms with Gasteiger partial charge in [-0.25, -0.2) is 0 Å². The van der Waals surface area contributed by atoms with E-state index in [-0.39, 0.29) is 5.91 Å². The average Bonchev–Trinajstić information content (AvgIpc) is 2.99. The van der Waals surface area contributed by atoms with Crippen LogP contribution < -0.4 is 9.64 Å². The van der Waals surface area contributed by atoms with Crippen LogP contribution in [0.25, 0.3) is 0 Å². The minimum absolute atomic E-state index is 0.239. The zero-order chi connectivity index (χ0) is 21.7. The lowest BCUT2D eigenvalue weighted by atomic mass is 10.1. The van der Waals surface area contributed by atoms with E-state index < -0.39 is 0 Å². The zero-order valence-corrected chi connectivity index (χ0v) is 19.1. The summed E-state index contributed by atoms with van der Waals surface area (Å²) < 4.78 is 7.86. The van der Waals surface area contributed by atoms with Crippen molar-refractivity contribution in [2.45, 2.75) is 54.0 Å². The van der Waals surface area contributed by atoms with Gasteiger partial charge in [0.1, 0.15) is 5.75 Å². The van der Waals surface area contributed by atoms with Gasteiger partial charge < -0.3 is 14.5 Å². The number of anilines is 1. The summed E-state index contributed by atoms with van der Waals surface area (Å²) in [4.78, 5) is 17.2. The molecular formula is C24H36N4O2. The summed E-state index contributed by atoms with van der Waals surface area (Å²) in [6.07, 6.45) is 1.31. The molecule has 1 fully saturated rings. The molecule has 1 aliphatic heterocycles. The number of ether oxygens (including phenoxy) is 1. The largest absolute Gasteiger partial charge is 0.492 e. The molecule has 0 radical (unpaired) electrons. The van der Waals surface area contributed by atoms with Crippen LogP contribution in [0.15, 0.2) is 24.3 Å². The summed E-state index contributed by atoms with van der Waals surface area (Å²) in [5.41, 5.74) is 4.60. The Morgan fingerprint density at radius 2 is 1.83 bits per heavy atom. The molecule has 0 atom stereocenters. The van der Waals surface area contributed by atoms with E-state index in [1.807, 2.05) is 30.0 Å². The van der Waals surface area contributed by atoms with E-state index in [9.17, 15) is 4.79 Å². The van der Waals surface area contributed by atoms with Gasteiger partial charge in [-0.15, -0.1) is 0 Å². The van der Waals surface area contributed by atoms with E-state index in [0.717, 1.165) is 56.3 Å². The fourth-order valence-corrected chi connectivity index (χ4v) is 4.20. The van der Waals surface area contributed by atoms with Gasteiger partial charge in [0.05, 0.1) is 18.0 Å². The number of para-hydroxylation sites is 2. The molecule has 6 heteroatoms. The molecule has 1 aromatic carbocycles. The Balaban J connectivity index is 1.55. The number of carbonyl (C=O) groups excluding carboxylic acids is 1. The lowest BCUT2D eigenvalue weighted by Crippen LogP contribution is -2.49. The number of aryl methyl sites for hydroxylation is 1. The zero-order valence-electron chi connectivity index (χ0n) is 19.1. The fourth-order valence-electron chi connectivity index (χ4n) is 4.20. The third-order valence-electron chi connectivity index (χ3n) is 5.80. The second kappa shape index (κ2) is 10.0. The van der Waals surface area contributed by atoms with Crippen molar-refractivity contribution in [1.29, 1.82) is 0 Å². The average molecular weight is 413 g/mol.